The van der Waals surface area contributed by atoms with Crippen molar-refractivity contribution in [2.75, 3.05) is 20.2 Å². The molecule has 0 unspecified atom stereocenters. The predicted molar refractivity (Wildman–Crippen MR) is 73.0 cm³/mol. The van der Waals surface area contributed by atoms with Crippen LogP contribution in [0, 0.1) is 0 Å². The first-order valence-corrected chi connectivity index (χ1v) is 6.74. The molecule has 1 fully saturated rings. The number of carbonyl (C=O) groups is 1. The third-order valence-electron chi connectivity index (χ3n) is 3.32. The van der Waals surface area contributed by atoms with Gasteiger partial charge in [-0.05, 0) is 44.1 Å². The lowest BCUT2D eigenvalue weighted by Gasteiger charge is -2.23. The highest BCUT2D eigenvalue weighted by Gasteiger charge is 2.18. The molecule has 116 valence electrons. The molecule has 2 N–H and O–H groups in total. The molecule has 1 saturated heterocycles. The van der Waals surface area contributed by atoms with Gasteiger partial charge in [0.2, 0.25) is 0 Å². The summed E-state index contributed by atoms with van der Waals surface area (Å²) in [6.45, 7) is -1.20. The first-order chi connectivity index (χ1) is 10.1. The summed E-state index contributed by atoms with van der Waals surface area (Å²) in [5, 5.41) is 6.14. The summed E-state index contributed by atoms with van der Waals surface area (Å²) in [6.07, 6.45) is 1.74. The lowest BCUT2D eigenvalue weighted by molar-refractivity contribution is -0.0512. The number of hydrogen-bond donors (Lipinski definition) is 2. The molecule has 0 radical (unpaired) electrons. The van der Waals surface area contributed by atoms with Crippen LogP contribution in [0.3, 0.4) is 0 Å². The molecule has 0 bridgehead atoms. The van der Waals surface area contributed by atoms with Gasteiger partial charge in [-0.2, -0.15) is 8.78 Å². The zero-order chi connectivity index (χ0) is 15.2. The van der Waals surface area contributed by atoms with Crippen molar-refractivity contribution >= 4 is 5.91 Å². The minimum atomic E-state index is -2.94. The third kappa shape index (κ3) is 4.29. The van der Waals surface area contributed by atoms with Crippen molar-refractivity contribution in [1.82, 2.24) is 10.6 Å². The second kappa shape index (κ2) is 7.21. The molecule has 1 aromatic carbocycles. The van der Waals surface area contributed by atoms with E-state index >= 15 is 0 Å². The largest absolute Gasteiger partial charge is 0.493 e. The van der Waals surface area contributed by atoms with Gasteiger partial charge in [-0.25, -0.2) is 0 Å². The Hall–Kier alpha value is -1.89. The van der Waals surface area contributed by atoms with Crippen LogP contribution in [0.15, 0.2) is 18.2 Å². The van der Waals surface area contributed by atoms with Gasteiger partial charge < -0.3 is 20.1 Å². The molecule has 1 aliphatic heterocycles. The zero-order valence-electron chi connectivity index (χ0n) is 11.7. The van der Waals surface area contributed by atoms with Crippen molar-refractivity contribution in [1.29, 1.82) is 0 Å². The molecule has 7 heteroatoms. The summed E-state index contributed by atoms with van der Waals surface area (Å²) < 4.78 is 33.8. The number of amides is 1. The Balaban J connectivity index is 2.06. The lowest BCUT2D eigenvalue weighted by atomic mass is 10.1. The van der Waals surface area contributed by atoms with Crippen LogP contribution in [0.1, 0.15) is 23.2 Å². The number of ether oxygens (including phenoxy) is 2. The van der Waals surface area contributed by atoms with Crippen molar-refractivity contribution < 1.29 is 23.0 Å². The van der Waals surface area contributed by atoms with Gasteiger partial charge in [-0.1, -0.05) is 0 Å². The van der Waals surface area contributed by atoms with Crippen molar-refractivity contribution in [3.05, 3.63) is 23.8 Å². The molecule has 0 aliphatic carbocycles. The Morgan fingerprint density at radius 3 is 2.67 bits per heavy atom. The van der Waals surface area contributed by atoms with Crippen LogP contribution in [0.25, 0.3) is 0 Å². The molecule has 1 aliphatic rings. The van der Waals surface area contributed by atoms with Gasteiger partial charge in [0.25, 0.3) is 5.91 Å². The van der Waals surface area contributed by atoms with Crippen LogP contribution in [0.5, 0.6) is 11.5 Å². The standard InChI is InChI=1S/C14H18F2N2O3/c1-20-12-8-9(2-3-11(12)21-14(15)16)13(19)18-10-4-6-17-7-5-10/h2-3,8,10,14,17H,4-7H2,1H3,(H,18,19). The number of hydrogen-bond acceptors (Lipinski definition) is 4. The van der Waals surface area contributed by atoms with E-state index in [1.165, 1.54) is 25.3 Å². The number of halogens is 2. The number of rotatable bonds is 5. The maximum absolute atomic E-state index is 12.2. The minimum Gasteiger partial charge on any atom is -0.493 e. The van der Waals surface area contributed by atoms with Gasteiger partial charge in [0, 0.05) is 11.6 Å². The normalized spacial score (nSPS) is 15.8. The highest BCUT2D eigenvalue weighted by atomic mass is 19.3. The van der Waals surface area contributed by atoms with Crippen LogP contribution in [-0.2, 0) is 0 Å². The summed E-state index contributed by atoms with van der Waals surface area (Å²) in [6, 6.07) is 4.27. The molecule has 0 aromatic heterocycles. The summed E-state index contributed by atoms with van der Waals surface area (Å²) >= 11 is 0. The van der Waals surface area contributed by atoms with Crippen LogP contribution in [0.2, 0.25) is 0 Å². The molecule has 21 heavy (non-hydrogen) atoms. The quantitative estimate of drug-likeness (QED) is 0.870. The molecule has 1 aromatic rings. The second-order valence-electron chi connectivity index (χ2n) is 4.74. The van der Waals surface area contributed by atoms with Gasteiger partial charge in [-0.3, -0.25) is 4.79 Å². The molecule has 5 nitrogen and oxygen atoms in total. The Bertz CT molecular complexity index is 491. The van der Waals surface area contributed by atoms with E-state index in [2.05, 4.69) is 15.4 Å². The monoisotopic (exact) mass is 300 g/mol. The number of carbonyl (C=O) groups excluding carboxylic acids is 1. The molecular formula is C14H18F2N2O3. The zero-order valence-corrected chi connectivity index (χ0v) is 11.7. The Morgan fingerprint density at radius 1 is 1.33 bits per heavy atom. The van der Waals surface area contributed by atoms with E-state index in [1.54, 1.807) is 0 Å². The highest BCUT2D eigenvalue weighted by molar-refractivity contribution is 5.95. The third-order valence-corrected chi connectivity index (χ3v) is 3.32. The van der Waals surface area contributed by atoms with Gasteiger partial charge >= 0.3 is 6.61 Å². The number of nitrogens with one attached hydrogen (secondary N) is 2. The van der Waals surface area contributed by atoms with Crippen molar-refractivity contribution in [2.45, 2.75) is 25.5 Å². The van der Waals surface area contributed by atoms with Gasteiger partial charge in [-0.15, -0.1) is 0 Å². The Kier molecular flexibility index (Phi) is 5.32. The van der Waals surface area contributed by atoms with Gasteiger partial charge in [0.05, 0.1) is 7.11 Å². The van der Waals surface area contributed by atoms with Crippen LogP contribution in [-0.4, -0.2) is 38.8 Å². The maximum Gasteiger partial charge on any atom is 0.387 e. The molecule has 0 spiro atoms. The van der Waals surface area contributed by atoms with Crippen molar-refractivity contribution in [2.24, 2.45) is 0 Å². The van der Waals surface area contributed by atoms with E-state index in [9.17, 15) is 13.6 Å². The summed E-state index contributed by atoms with van der Waals surface area (Å²) in [7, 11) is 1.34. The molecule has 1 heterocycles. The Morgan fingerprint density at radius 2 is 2.05 bits per heavy atom. The average molecular weight is 300 g/mol. The number of alkyl halides is 2. The van der Waals surface area contributed by atoms with Gasteiger partial charge in [0.1, 0.15) is 0 Å². The van der Waals surface area contributed by atoms with Crippen LogP contribution < -0.4 is 20.1 Å². The van der Waals surface area contributed by atoms with E-state index < -0.39 is 6.61 Å². The van der Waals surface area contributed by atoms with Crippen LogP contribution in [0.4, 0.5) is 8.78 Å². The fourth-order valence-corrected chi connectivity index (χ4v) is 2.24. The minimum absolute atomic E-state index is 0.0917. The molecule has 0 saturated carbocycles. The number of benzene rings is 1. The molecule has 0 atom stereocenters. The SMILES string of the molecule is COc1cc(C(=O)NC2CCNCC2)ccc1OC(F)F. The topological polar surface area (TPSA) is 59.6 Å². The lowest BCUT2D eigenvalue weighted by Crippen LogP contribution is -2.42. The van der Waals surface area contributed by atoms with E-state index in [0.717, 1.165) is 25.9 Å². The van der Waals surface area contributed by atoms with E-state index in [0.29, 0.717) is 5.56 Å². The first kappa shape index (κ1) is 15.5. The maximum atomic E-state index is 12.2. The summed E-state index contributed by atoms with van der Waals surface area (Å²) in [5.41, 5.74) is 0.354. The smallest absolute Gasteiger partial charge is 0.387 e. The number of methoxy groups -OCH3 is 1. The highest BCUT2D eigenvalue weighted by Crippen LogP contribution is 2.29. The predicted octanol–water partition coefficient (Wildman–Crippen LogP) is 1.78. The average Bonchev–Trinajstić information content (AvgIpc) is 2.48. The molecular weight excluding hydrogens is 282 g/mol. The van der Waals surface area contributed by atoms with Crippen molar-refractivity contribution in [3.63, 3.8) is 0 Å². The van der Waals surface area contributed by atoms with E-state index in [-0.39, 0.29) is 23.4 Å². The molecule has 2 rings (SSSR count). The van der Waals surface area contributed by atoms with Gasteiger partial charge in [0.15, 0.2) is 11.5 Å². The van der Waals surface area contributed by atoms with E-state index in [4.69, 9.17) is 4.74 Å². The fourth-order valence-electron chi connectivity index (χ4n) is 2.24. The summed E-state index contributed by atoms with van der Waals surface area (Å²) in [5.74, 6) is -0.233. The van der Waals surface area contributed by atoms with Crippen molar-refractivity contribution in [3.8, 4) is 11.5 Å². The van der Waals surface area contributed by atoms with Crippen LogP contribution >= 0.6 is 0 Å². The summed E-state index contributed by atoms with van der Waals surface area (Å²) in [4.78, 5) is 12.1. The van der Waals surface area contributed by atoms with E-state index in [1.807, 2.05) is 0 Å². The fraction of sp³-hybridized carbons (Fsp3) is 0.500. The Labute approximate surface area is 121 Å². The first-order valence-electron chi connectivity index (χ1n) is 6.74. The second-order valence-corrected chi connectivity index (χ2v) is 4.74. The number of piperidine rings is 1. The molecule has 1 amide bonds.